The molecule has 20 nitrogen and oxygen atoms in total. The Morgan fingerprint density at radius 3 is 0.462 bits per heavy atom. The highest BCUT2D eigenvalue weighted by molar-refractivity contribution is 5.77. The van der Waals surface area contributed by atoms with Crippen LogP contribution in [-0.4, -0.2) is 85.2 Å². The summed E-state index contributed by atoms with van der Waals surface area (Å²) in [7, 11) is 0. The number of carboxylic acid groups (broad SMARTS) is 4. The van der Waals surface area contributed by atoms with Gasteiger partial charge < -0.3 is 61.3 Å². The molecule has 0 saturated heterocycles. The number of aliphatic carboxylic acids is 4. The van der Waals surface area contributed by atoms with E-state index in [1.807, 2.05) is 72.8 Å². The van der Waals surface area contributed by atoms with Crippen LogP contribution in [0.2, 0.25) is 0 Å². The lowest BCUT2D eigenvalue weighted by molar-refractivity contribution is -0.151. The Morgan fingerprint density at radius 2 is 0.348 bits per heavy atom. The fourth-order valence-electron chi connectivity index (χ4n) is 28.1. The van der Waals surface area contributed by atoms with Gasteiger partial charge in [-0.2, -0.15) is 21.0 Å². The van der Waals surface area contributed by atoms with Gasteiger partial charge in [-0.25, -0.2) is 0 Å². The maximum atomic E-state index is 11.3. The van der Waals surface area contributed by atoms with Crippen LogP contribution in [0.4, 0.5) is 0 Å². The van der Waals surface area contributed by atoms with E-state index in [1.54, 1.807) is 72.8 Å². The fourth-order valence-corrected chi connectivity index (χ4v) is 28.1. The van der Waals surface area contributed by atoms with Gasteiger partial charge in [-0.05, 0) is 443 Å². The molecule has 132 heavy (non-hydrogen) atoms. The van der Waals surface area contributed by atoms with Crippen molar-refractivity contribution in [1.29, 1.82) is 21.0 Å². The minimum Gasteiger partial charge on any atom is -0.508 e. The van der Waals surface area contributed by atoms with Gasteiger partial charge in [-0.1, -0.05) is 48.5 Å². The number of phenols is 8. The van der Waals surface area contributed by atoms with Gasteiger partial charge in [0, 0.05) is 43.3 Å². The van der Waals surface area contributed by atoms with Crippen LogP contribution in [0.5, 0.6) is 46.0 Å². The number of nitriles is 4. The van der Waals surface area contributed by atoms with Crippen LogP contribution in [0.3, 0.4) is 0 Å². The first-order chi connectivity index (χ1) is 63.6. The number of benzene rings is 8. The number of carboxylic acids is 4. The average Bonchev–Trinajstić information content (AvgIpc) is 0.725. The zero-order valence-electron chi connectivity index (χ0n) is 75.5. The number of hydrogen-bond donors (Lipinski definition) is 12. The van der Waals surface area contributed by atoms with E-state index >= 15 is 0 Å². The van der Waals surface area contributed by atoms with Crippen LogP contribution in [0, 0.1) is 92.7 Å². The number of carbonyl (C=O) groups is 4. The largest absolute Gasteiger partial charge is 0.508 e. The normalized spacial score (nSPS) is 31.1. The quantitative estimate of drug-likeness (QED) is 0.0778. The molecule has 24 rings (SSSR count). The van der Waals surface area contributed by atoms with Crippen LogP contribution >= 0.6 is 0 Å². The van der Waals surface area contributed by atoms with Crippen molar-refractivity contribution in [2.75, 3.05) is 0 Å². The molecule has 16 atom stereocenters. The number of phenolic OH excluding ortho intramolecular Hbond substituents is 8. The molecule has 8 saturated carbocycles. The molecule has 0 radical (unpaired) electrons. The number of nitrogens with zero attached hydrogens (tertiary/aromatic N) is 4. The molecule has 0 heterocycles. The average molecular weight is 1780 g/mol. The van der Waals surface area contributed by atoms with Gasteiger partial charge in [0.05, 0.1) is 71.6 Å². The van der Waals surface area contributed by atoms with Gasteiger partial charge in [0.15, 0.2) is 0 Å². The van der Waals surface area contributed by atoms with E-state index in [1.165, 1.54) is 92.4 Å². The lowest BCUT2D eigenvalue weighted by Crippen LogP contribution is -2.50. The van der Waals surface area contributed by atoms with E-state index in [0.29, 0.717) is 23.0 Å². The Hall–Kier alpha value is -12.0. The molecule has 0 amide bonds. The monoisotopic (exact) mass is 1780 g/mol. The zero-order chi connectivity index (χ0) is 92.9. The summed E-state index contributed by atoms with van der Waals surface area (Å²) in [5, 5.41) is 151. The van der Waals surface area contributed by atoms with Crippen molar-refractivity contribution in [3.8, 4) is 70.3 Å². The van der Waals surface area contributed by atoms with Crippen LogP contribution in [0.25, 0.3) is 0 Å². The first-order valence-electron chi connectivity index (χ1n) is 48.7. The molecule has 0 aromatic heterocycles. The van der Waals surface area contributed by atoms with E-state index in [4.69, 9.17) is 0 Å². The van der Waals surface area contributed by atoms with Gasteiger partial charge in [-0.15, -0.1) is 0 Å². The predicted octanol–water partition coefficient (Wildman–Crippen LogP) is 21.4. The first kappa shape index (κ1) is 91.9. The summed E-state index contributed by atoms with van der Waals surface area (Å²) >= 11 is 0. The minimum absolute atomic E-state index is 0.0705. The van der Waals surface area contributed by atoms with E-state index in [-0.39, 0.29) is 114 Å². The maximum absolute atomic E-state index is 11.3. The van der Waals surface area contributed by atoms with Gasteiger partial charge in [0.25, 0.3) is 0 Å². The number of rotatable bonds is 4. The van der Waals surface area contributed by atoms with Gasteiger partial charge in [-0.3, -0.25) is 19.2 Å². The number of aryl methyl sites for hydroxylation is 8. The molecule has 8 fully saturated rings. The van der Waals surface area contributed by atoms with Crippen molar-refractivity contribution in [2.45, 2.75) is 300 Å². The molecule has 8 aromatic rings. The van der Waals surface area contributed by atoms with Gasteiger partial charge >= 0.3 is 23.9 Å². The minimum atomic E-state index is -0.688. The van der Waals surface area contributed by atoms with Crippen LogP contribution in [0.15, 0.2) is 146 Å². The predicted molar refractivity (Wildman–Crippen MR) is 497 cm³/mol. The SMILES string of the molecule is N#C[C@@H]1CC[C@@]12CCCc1ccc(O)cc12.N#C[C@@H]1CC[C@]12CCCc1ccc(O)cc12.N#C[C@H]1CC[C@@]12CCCc1ccc(O)cc12.N#C[C@H]1CC[C@]12CCCc1ccc(O)cc12.O=C(O)[C@@H]1CC[C@@]12CCCc1ccc(O)cc12.O=C(O)[C@@H]1CC[C@]12CCCc1ccc(O)cc12.O=C(O)[C@H]1CC[C@@]12CCCc1ccc(O)cc12.O=C(O)[C@H]1CC[C@]12CCCc1ccc(O)cc12. The fraction of sp³-hybridized carbons (Fsp3) is 0.500. The lowest BCUT2D eigenvalue weighted by Gasteiger charge is -2.51. The van der Waals surface area contributed by atoms with E-state index in [0.717, 1.165) is 253 Å². The molecule has 20 heteroatoms. The number of hydrogen-bond acceptors (Lipinski definition) is 16. The topological polar surface area (TPSA) is 406 Å². The second-order valence-corrected chi connectivity index (χ2v) is 41.4. The second-order valence-electron chi connectivity index (χ2n) is 41.4. The molecule has 8 aromatic carbocycles. The van der Waals surface area contributed by atoms with Crippen LogP contribution < -0.4 is 0 Å². The molecule has 16 aliphatic carbocycles. The summed E-state index contributed by atoms with van der Waals surface area (Å²) in [4.78, 5) is 45.1. The standard InChI is InChI=1S/4C14H15NO.4C14H16O3/c4*15-9-11-5-7-14(11)6-1-2-10-3-4-12(16)8-13(10)14;4*15-10-4-3-9-2-1-6-14(12(9)8-10)7-5-11(14)13(16)17/h4*3-4,8,11,16H,1-2,5-7H2;4*3-4,8,11,15H,1-2,5-7H2,(H,16,17)/t2*11-,14+;2*11-,14-;2*11-,14+;2*11-,14-/m10101010/s1. The Kier molecular flexibility index (Phi) is 25.7. The second kappa shape index (κ2) is 36.9. The van der Waals surface area contributed by atoms with Crippen molar-refractivity contribution in [2.24, 2.45) is 47.3 Å². The summed E-state index contributed by atoms with van der Waals surface area (Å²) in [6.45, 7) is 0. The van der Waals surface area contributed by atoms with Gasteiger partial charge in [0.1, 0.15) is 46.0 Å². The highest BCUT2D eigenvalue weighted by Crippen LogP contribution is 2.64. The summed E-state index contributed by atoms with van der Waals surface area (Å²) in [5.74, 6) is -0.801. The number of aromatic hydroxyl groups is 8. The molecule has 0 unspecified atom stereocenters. The van der Waals surface area contributed by atoms with E-state index in [9.17, 15) is 102 Å². The molecule has 0 aliphatic heterocycles. The third kappa shape index (κ3) is 16.2. The molecule has 688 valence electrons. The highest BCUT2D eigenvalue weighted by Gasteiger charge is 2.59. The van der Waals surface area contributed by atoms with E-state index < -0.39 is 23.9 Å². The van der Waals surface area contributed by atoms with Crippen LogP contribution in [0.1, 0.15) is 294 Å². The Morgan fingerprint density at radius 1 is 0.212 bits per heavy atom. The summed E-state index contributed by atoms with van der Waals surface area (Å²) in [6.07, 6.45) is 40.9. The first-order valence-corrected chi connectivity index (χ1v) is 48.7. The van der Waals surface area contributed by atoms with Crippen molar-refractivity contribution < 1.29 is 80.5 Å². The Balaban J connectivity index is 0.000000105. The molecular weight excluding hydrogens is 1660 g/mol. The van der Waals surface area contributed by atoms with Crippen molar-refractivity contribution in [3.05, 3.63) is 235 Å². The molecule has 16 aliphatic rings. The van der Waals surface area contributed by atoms with Crippen molar-refractivity contribution in [1.82, 2.24) is 0 Å². The van der Waals surface area contributed by atoms with E-state index in [2.05, 4.69) is 24.3 Å². The molecule has 8 spiro atoms. The molecule has 0 bridgehead atoms. The maximum Gasteiger partial charge on any atom is 0.307 e. The number of fused-ring (bicyclic) bond motifs is 16. The molecule has 12 N–H and O–H groups in total. The molecular formula is C112H124N4O16. The van der Waals surface area contributed by atoms with Crippen molar-refractivity contribution >= 4 is 23.9 Å². The smallest absolute Gasteiger partial charge is 0.307 e. The third-order valence-corrected chi connectivity index (χ3v) is 35.8. The summed E-state index contributed by atoms with van der Waals surface area (Å²) in [6, 6.07) is 54.2. The third-order valence-electron chi connectivity index (χ3n) is 35.8. The van der Waals surface area contributed by atoms with Crippen LogP contribution in [-0.2, 0) is 114 Å². The van der Waals surface area contributed by atoms with Crippen molar-refractivity contribution in [3.63, 3.8) is 0 Å². The lowest BCUT2D eigenvalue weighted by atomic mass is 9.52. The summed E-state index contributed by atoms with van der Waals surface area (Å²) in [5.41, 5.74) is 19.1. The van der Waals surface area contributed by atoms with Gasteiger partial charge in [0.2, 0.25) is 0 Å². The zero-order valence-corrected chi connectivity index (χ0v) is 75.5. The Labute approximate surface area is 773 Å². The Bertz CT molecular complexity index is 5260. The summed E-state index contributed by atoms with van der Waals surface area (Å²) < 4.78 is 0. The highest BCUT2D eigenvalue weighted by atomic mass is 16.4.